The van der Waals surface area contributed by atoms with Crippen molar-refractivity contribution in [3.05, 3.63) is 59.7 Å². The summed E-state index contributed by atoms with van der Waals surface area (Å²) in [4.78, 5) is 8.03. The molecule has 0 unspecified atom stereocenters. The molecule has 0 saturated carbocycles. The maximum Gasteiger partial charge on any atom is 0.115 e. The minimum Gasteiger partial charge on any atom is -0.307 e. The van der Waals surface area contributed by atoms with E-state index in [1.165, 1.54) is 11.1 Å². The van der Waals surface area contributed by atoms with E-state index in [1.54, 1.807) is 12.5 Å². The van der Waals surface area contributed by atoms with Crippen LogP contribution in [0.15, 0.2) is 42.9 Å². The molecule has 0 saturated heterocycles. The first-order valence-corrected chi connectivity index (χ1v) is 5.36. The molecule has 0 aliphatic carbocycles. The lowest BCUT2D eigenvalue weighted by Gasteiger charge is -2.04. The molecule has 3 heteroatoms. The average Bonchev–Trinajstić information content (AvgIpc) is 2.33. The van der Waals surface area contributed by atoms with Crippen molar-refractivity contribution in [2.45, 2.75) is 20.0 Å². The molecule has 2 rings (SSSR count). The Kier molecular flexibility index (Phi) is 3.62. The van der Waals surface area contributed by atoms with Crippen molar-refractivity contribution in [2.24, 2.45) is 0 Å². The molecule has 0 spiro atoms. The van der Waals surface area contributed by atoms with Gasteiger partial charge in [-0.25, -0.2) is 9.97 Å². The Bertz CT molecular complexity index is 423. The molecule has 1 aromatic carbocycles. The van der Waals surface area contributed by atoms with E-state index in [0.29, 0.717) is 0 Å². The molecule has 1 aromatic heterocycles. The number of hydrogen-bond donors (Lipinski definition) is 1. The van der Waals surface area contributed by atoms with E-state index in [9.17, 15) is 0 Å². The van der Waals surface area contributed by atoms with Crippen molar-refractivity contribution < 1.29 is 0 Å². The Morgan fingerprint density at radius 1 is 1.06 bits per heavy atom. The van der Waals surface area contributed by atoms with Crippen LogP contribution >= 0.6 is 0 Å². The molecule has 0 radical (unpaired) electrons. The monoisotopic (exact) mass is 213 g/mol. The zero-order valence-electron chi connectivity index (χ0n) is 9.35. The van der Waals surface area contributed by atoms with Gasteiger partial charge >= 0.3 is 0 Å². The summed E-state index contributed by atoms with van der Waals surface area (Å²) in [5, 5.41) is 3.35. The van der Waals surface area contributed by atoms with E-state index in [2.05, 4.69) is 46.5 Å². The van der Waals surface area contributed by atoms with E-state index in [4.69, 9.17) is 0 Å². The molecule has 0 aliphatic rings. The van der Waals surface area contributed by atoms with Crippen molar-refractivity contribution in [3.63, 3.8) is 0 Å². The van der Waals surface area contributed by atoms with Crippen LogP contribution in [0.25, 0.3) is 0 Å². The third-order valence-corrected chi connectivity index (χ3v) is 2.40. The zero-order valence-corrected chi connectivity index (χ0v) is 9.35. The number of rotatable bonds is 4. The van der Waals surface area contributed by atoms with Crippen LogP contribution < -0.4 is 5.32 Å². The standard InChI is InChI=1S/C13H15N3/c1-11-2-4-12(5-3-11)8-15-9-13-6-7-14-10-16-13/h2-7,10,15H,8-9H2,1H3. The van der Waals surface area contributed by atoms with Gasteiger partial charge in [-0.2, -0.15) is 0 Å². The quantitative estimate of drug-likeness (QED) is 0.845. The lowest BCUT2D eigenvalue weighted by Crippen LogP contribution is -2.13. The summed E-state index contributed by atoms with van der Waals surface area (Å²) in [5.41, 5.74) is 3.60. The lowest BCUT2D eigenvalue weighted by molar-refractivity contribution is 0.677. The van der Waals surface area contributed by atoms with Gasteiger partial charge in [-0.3, -0.25) is 0 Å². The fourth-order valence-electron chi connectivity index (χ4n) is 1.46. The third-order valence-electron chi connectivity index (χ3n) is 2.40. The Labute approximate surface area is 95.6 Å². The minimum atomic E-state index is 0.774. The minimum absolute atomic E-state index is 0.774. The molecule has 3 nitrogen and oxygen atoms in total. The molecular weight excluding hydrogens is 198 g/mol. The van der Waals surface area contributed by atoms with Gasteiger partial charge in [0.1, 0.15) is 6.33 Å². The van der Waals surface area contributed by atoms with Gasteiger partial charge in [0, 0.05) is 19.3 Å². The van der Waals surface area contributed by atoms with Gasteiger partial charge in [0.25, 0.3) is 0 Å². The first-order valence-electron chi connectivity index (χ1n) is 5.36. The molecular formula is C13H15N3. The molecule has 16 heavy (non-hydrogen) atoms. The number of benzene rings is 1. The van der Waals surface area contributed by atoms with Gasteiger partial charge in [0.2, 0.25) is 0 Å². The van der Waals surface area contributed by atoms with Gasteiger partial charge in [-0.15, -0.1) is 0 Å². The fourth-order valence-corrected chi connectivity index (χ4v) is 1.46. The van der Waals surface area contributed by atoms with Crippen LogP contribution in [0.4, 0.5) is 0 Å². The topological polar surface area (TPSA) is 37.8 Å². The highest BCUT2D eigenvalue weighted by Gasteiger charge is 1.94. The summed E-state index contributed by atoms with van der Waals surface area (Å²) in [6.45, 7) is 3.73. The van der Waals surface area contributed by atoms with Crippen LogP contribution in [0.2, 0.25) is 0 Å². The summed E-state index contributed by atoms with van der Waals surface area (Å²) >= 11 is 0. The SMILES string of the molecule is Cc1ccc(CNCc2ccncn2)cc1. The maximum absolute atomic E-state index is 4.15. The fraction of sp³-hybridized carbons (Fsp3) is 0.231. The highest BCUT2D eigenvalue weighted by molar-refractivity contribution is 5.21. The van der Waals surface area contributed by atoms with Crippen LogP contribution in [0.3, 0.4) is 0 Å². The van der Waals surface area contributed by atoms with E-state index >= 15 is 0 Å². The normalized spacial score (nSPS) is 10.3. The second-order valence-corrected chi connectivity index (χ2v) is 3.79. The van der Waals surface area contributed by atoms with Gasteiger partial charge in [-0.05, 0) is 18.6 Å². The van der Waals surface area contributed by atoms with E-state index in [1.807, 2.05) is 6.07 Å². The van der Waals surface area contributed by atoms with E-state index < -0.39 is 0 Å². The number of nitrogens with one attached hydrogen (secondary N) is 1. The largest absolute Gasteiger partial charge is 0.307 e. The van der Waals surface area contributed by atoms with Gasteiger partial charge < -0.3 is 5.32 Å². The highest BCUT2D eigenvalue weighted by atomic mass is 14.9. The Morgan fingerprint density at radius 2 is 1.88 bits per heavy atom. The summed E-state index contributed by atoms with van der Waals surface area (Å²) < 4.78 is 0. The molecule has 2 aromatic rings. The molecule has 0 bridgehead atoms. The van der Waals surface area contributed by atoms with Crippen molar-refractivity contribution in [3.8, 4) is 0 Å². The summed E-state index contributed by atoms with van der Waals surface area (Å²) in [5.74, 6) is 0. The molecule has 0 aliphatic heterocycles. The first kappa shape index (κ1) is 10.8. The van der Waals surface area contributed by atoms with E-state index in [-0.39, 0.29) is 0 Å². The van der Waals surface area contributed by atoms with Crippen LogP contribution in [-0.4, -0.2) is 9.97 Å². The van der Waals surface area contributed by atoms with E-state index in [0.717, 1.165) is 18.8 Å². The second kappa shape index (κ2) is 5.37. The van der Waals surface area contributed by atoms with Crippen LogP contribution in [0.5, 0.6) is 0 Å². The Hall–Kier alpha value is -1.74. The number of nitrogens with zero attached hydrogens (tertiary/aromatic N) is 2. The Balaban J connectivity index is 1.82. The predicted octanol–water partition coefficient (Wildman–Crippen LogP) is 2.07. The van der Waals surface area contributed by atoms with Crippen molar-refractivity contribution >= 4 is 0 Å². The molecule has 82 valence electrons. The predicted molar refractivity (Wildman–Crippen MR) is 63.8 cm³/mol. The zero-order chi connectivity index (χ0) is 11.2. The van der Waals surface area contributed by atoms with Crippen molar-refractivity contribution in [2.75, 3.05) is 0 Å². The molecule has 0 atom stereocenters. The summed E-state index contributed by atoms with van der Waals surface area (Å²) in [6.07, 6.45) is 3.33. The number of aromatic nitrogens is 2. The maximum atomic E-state index is 4.15. The van der Waals surface area contributed by atoms with Crippen LogP contribution in [0.1, 0.15) is 16.8 Å². The molecule has 0 amide bonds. The first-order chi connectivity index (χ1) is 7.84. The second-order valence-electron chi connectivity index (χ2n) is 3.79. The summed E-state index contributed by atoms with van der Waals surface area (Å²) in [7, 11) is 0. The molecule has 1 heterocycles. The van der Waals surface area contributed by atoms with Crippen molar-refractivity contribution in [1.82, 2.24) is 15.3 Å². The summed E-state index contributed by atoms with van der Waals surface area (Å²) in [6, 6.07) is 10.5. The van der Waals surface area contributed by atoms with Crippen LogP contribution in [-0.2, 0) is 13.1 Å². The molecule has 0 fully saturated rings. The highest BCUT2D eigenvalue weighted by Crippen LogP contribution is 2.02. The van der Waals surface area contributed by atoms with Gasteiger partial charge in [0.05, 0.1) is 5.69 Å². The lowest BCUT2D eigenvalue weighted by atomic mass is 10.1. The average molecular weight is 213 g/mol. The van der Waals surface area contributed by atoms with Crippen molar-refractivity contribution in [1.29, 1.82) is 0 Å². The van der Waals surface area contributed by atoms with Crippen LogP contribution in [0, 0.1) is 6.92 Å². The smallest absolute Gasteiger partial charge is 0.115 e. The number of aryl methyl sites for hydroxylation is 1. The third kappa shape index (κ3) is 3.14. The number of hydrogen-bond acceptors (Lipinski definition) is 3. The Morgan fingerprint density at radius 3 is 2.56 bits per heavy atom. The van der Waals surface area contributed by atoms with Gasteiger partial charge in [0.15, 0.2) is 0 Å². The van der Waals surface area contributed by atoms with Gasteiger partial charge in [-0.1, -0.05) is 29.8 Å². The molecule has 1 N–H and O–H groups in total.